The van der Waals surface area contributed by atoms with Gasteiger partial charge in [-0.2, -0.15) is 13.2 Å². The van der Waals surface area contributed by atoms with Gasteiger partial charge in [-0.15, -0.1) is 11.8 Å². The van der Waals surface area contributed by atoms with Gasteiger partial charge >= 0.3 is 6.18 Å². The Morgan fingerprint density at radius 1 is 1.10 bits per heavy atom. The molecule has 2 rings (SSSR count). The number of hydrogen-bond acceptors (Lipinski definition) is 2. The van der Waals surface area contributed by atoms with E-state index in [9.17, 15) is 13.2 Å². The standard InChI is InChI=1S/C14H11ClF3NS/c15-10-5-6-13(12(19)7-10)20-8-9-3-1-2-4-11(9)14(16,17)18/h1-7H,8,19H2. The van der Waals surface area contributed by atoms with Crippen molar-refractivity contribution in [2.24, 2.45) is 0 Å². The predicted molar refractivity (Wildman–Crippen MR) is 76.9 cm³/mol. The number of benzene rings is 2. The zero-order chi connectivity index (χ0) is 14.8. The van der Waals surface area contributed by atoms with Crippen molar-refractivity contribution < 1.29 is 13.2 Å². The van der Waals surface area contributed by atoms with Gasteiger partial charge in [0.15, 0.2) is 0 Å². The van der Waals surface area contributed by atoms with E-state index >= 15 is 0 Å². The van der Waals surface area contributed by atoms with E-state index in [2.05, 4.69) is 0 Å². The largest absolute Gasteiger partial charge is 0.416 e. The molecule has 0 bridgehead atoms. The normalized spacial score (nSPS) is 11.6. The molecule has 0 atom stereocenters. The van der Waals surface area contributed by atoms with Crippen molar-refractivity contribution in [1.29, 1.82) is 0 Å². The van der Waals surface area contributed by atoms with Crippen LogP contribution in [-0.2, 0) is 11.9 Å². The van der Waals surface area contributed by atoms with Gasteiger partial charge in [0.25, 0.3) is 0 Å². The third-order valence-electron chi connectivity index (χ3n) is 2.68. The van der Waals surface area contributed by atoms with E-state index in [0.717, 1.165) is 6.07 Å². The van der Waals surface area contributed by atoms with Crippen LogP contribution in [0.5, 0.6) is 0 Å². The molecule has 106 valence electrons. The van der Waals surface area contributed by atoms with E-state index in [1.54, 1.807) is 24.3 Å². The summed E-state index contributed by atoms with van der Waals surface area (Å²) in [5, 5.41) is 0.502. The predicted octanol–water partition coefficient (Wildman–Crippen LogP) is 5.23. The lowest BCUT2D eigenvalue weighted by Crippen LogP contribution is -2.08. The number of thioether (sulfide) groups is 1. The highest BCUT2D eigenvalue weighted by atomic mass is 35.5. The number of anilines is 1. The lowest BCUT2D eigenvalue weighted by Gasteiger charge is -2.13. The van der Waals surface area contributed by atoms with E-state index < -0.39 is 11.7 Å². The summed E-state index contributed by atoms with van der Waals surface area (Å²) in [5.74, 6) is 0.196. The van der Waals surface area contributed by atoms with Gasteiger partial charge in [-0.3, -0.25) is 0 Å². The highest BCUT2D eigenvalue weighted by Crippen LogP contribution is 2.36. The van der Waals surface area contributed by atoms with E-state index in [-0.39, 0.29) is 11.3 Å². The lowest BCUT2D eigenvalue weighted by atomic mass is 10.1. The van der Waals surface area contributed by atoms with Crippen molar-refractivity contribution in [3.05, 3.63) is 58.6 Å². The van der Waals surface area contributed by atoms with Crippen molar-refractivity contribution in [2.75, 3.05) is 5.73 Å². The van der Waals surface area contributed by atoms with Crippen molar-refractivity contribution in [3.63, 3.8) is 0 Å². The van der Waals surface area contributed by atoms with Crippen LogP contribution in [0.1, 0.15) is 11.1 Å². The molecule has 0 aromatic heterocycles. The molecule has 0 radical (unpaired) electrons. The molecule has 2 N–H and O–H groups in total. The van der Waals surface area contributed by atoms with E-state index in [0.29, 0.717) is 15.6 Å². The Hall–Kier alpha value is -1.33. The second kappa shape index (κ2) is 5.97. The lowest BCUT2D eigenvalue weighted by molar-refractivity contribution is -0.138. The number of nitrogen functional groups attached to an aromatic ring is 1. The Labute approximate surface area is 123 Å². The fraction of sp³-hybridized carbons (Fsp3) is 0.143. The second-order valence-electron chi connectivity index (χ2n) is 4.13. The zero-order valence-electron chi connectivity index (χ0n) is 10.2. The summed E-state index contributed by atoms with van der Waals surface area (Å²) in [6, 6.07) is 10.5. The molecule has 0 spiro atoms. The van der Waals surface area contributed by atoms with Crippen LogP contribution in [0.25, 0.3) is 0 Å². The fourth-order valence-electron chi connectivity index (χ4n) is 1.73. The molecule has 0 aliphatic carbocycles. The molecule has 0 unspecified atom stereocenters. The minimum atomic E-state index is -4.34. The summed E-state index contributed by atoms with van der Waals surface area (Å²) < 4.78 is 38.6. The molecular formula is C14H11ClF3NS. The molecule has 0 aliphatic heterocycles. The van der Waals surface area contributed by atoms with Gasteiger partial charge in [0.05, 0.1) is 5.56 Å². The molecule has 0 saturated carbocycles. The summed E-state index contributed by atoms with van der Waals surface area (Å²) in [7, 11) is 0. The van der Waals surface area contributed by atoms with Crippen molar-refractivity contribution in [1.82, 2.24) is 0 Å². The first-order valence-corrected chi connectivity index (χ1v) is 7.07. The molecule has 0 heterocycles. The maximum absolute atomic E-state index is 12.9. The Morgan fingerprint density at radius 3 is 2.45 bits per heavy atom. The average molecular weight is 318 g/mol. The van der Waals surface area contributed by atoms with E-state index in [4.69, 9.17) is 17.3 Å². The topological polar surface area (TPSA) is 26.0 Å². The smallest absolute Gasteiger partial charge is 0.398 e. The monoisotopic (exact) mass is 317 g/mol. The summed E-state index contributed by atoms with van der Waals surface area (Å²) >= 11 is 7.04. The second-order valence-corrected chi connectivity index (χ2v) is 5.58. The molecule has 0 fully saturated rings. The van der Waals surface area contributed by atoms with Crippen molar-refractivity contribution in [3.8, 4) is 0 Å². The van der Waals surface area contributed by atoms with Crippen LogP contribution < -0.4 is 5.73 Å². The summed E-state index contributed by atoms with van der Waals surface area (Å²) in [6.45, 7) is 0. The van der Waals surface area contributed by atoms with Crippen LogP contribution in [0, 0.1) is 0 Å². The molecule has 2 aromatic rings. The summed E-state index contributed by atoms with van der Waals surface area (Å²) in [4.78, 5) is 0.714. The maximum atomic E-state index is 12.9. The minimum absolute atomic E-state index is 0.196. The van der Waals surface area contributed by atoms with Gasteiger partial charge in [-0.25, -0.2) is 0 Å². The average Bonchev–Trinajstić information content (AvgIpc) is 2.37. The Morgan fingerprint density at radius 2 is 1.80 bits per heavy atom. The molecule has 0 saturated heterocycles. The SMILES string of the molecule is Nc1cc(Cl)ccc1SCc1ccccc1C(F)(F)F. The Bertz CT molecular complexity index is 614. The first-order chi connectivity index (χ1) is 9.38. The maximum Gasteiger partial charge on any atom is 0.416 e. The number of nitrogens with two attached hydrogens (primary N) is 1. The van der Waals surface area contributed by atoms with Gasteiger partial charge in [0.2, 0.25) is 0 Å². The third-order valence-corrected chi connectivity index (χ3v) is 4.05. The number of alkyl halides is 3. The molecule has 2 aromatic carbocycles. The highest BCUT2D eigenvalue weighted by Gasteiger charge is 2.32. The Balaban J connectivity index is 2.19. The van der Waals surface area contributed by atoms with E-state index in [1.807, 2.05) is 0 Å². The Kier molecular flexibility index (Phi) is 4.50. The van der Waals surface area contributed by atoms with Gasteiger partial charge in [0, 0.05) is 21.4 Å². The van der Waals surface area contributed by atoms with Gasteiger partial charge in [-0.05, 0) is 29.8 Å². The van der Waals surface area contributed by atoms with E-state index in [1.165, 1.54) is 23.9 Å². The number of halogens is 4. The van der Waals surface area contributed by atoms with Gasteiger partial charge in [0.1, 0.15) is 0 Å². The van der Waals surface area contributed by atoms with Crippen LogP contribution >= 0.6 is 23.4 Å². The third kappa shape index (κ3) is 3.61. The molecule has 0 aliphatic rings. The zero-order valence-corrected chi connectivity index (χ0v) is 11.8. The molecular weight excluding hydrogens is 307 g/mol. The minimum Gasteiger partial charge on any atom is -0.398 e. The summed E-state index contributed by atoms with van der Waals surface area (Å²) in [6.07, 6.45) is -4.34. The molecule has 1 nitrogen and oxygen atoms in total. The van der Waals surface area contributed by atoms with Crippen LogP contribution in [0.3, 0.4) is 0 Å². The number of rotatable bonds is 3. The molecule has 0 amide bonds. The van der Waals surface area contributed by atoms with Gasteiger partial charge in [-0.1, -0.05) is 29.8 Å². The van der Waals surface area contributed by atoms with Crippen LogP contribution in [0.4, 0.5) is 18.9 Å². The fourth-order valence-corrected chi connectivity index (χ4v) is 2.86. The van der Waals surface area contributed by atoms with Crippen LogP contribution in [-0.4, -0.2) is 0 Å². The number of hydrogen-bond donors (Lipinski definition) is 1. The van der Waals surface area contributed by atoms with Crippen LogP contribution in [0.2, 0.25) is 5.02 Å². The van der Waals surface area contributed by atoms with Crippen molar-refractivity contribution in [2.45, 2.75) is 16.8 Å². The van der Waals surface area contributed by atoms with Gasteiger partial charge < -0.3 is 5.73 Å². The first-order valence-electron chi connectivity index (χ1n) is 5.71. The molecule has 20 heavy (non-hydrogen) atoms. The van der Waals surface area contributed by atoms with Crippen molar-refractivity contribution >= 4 is 29.1 Å². The summed E-state index contributed by atoms with van der Waals surface area (Å²) in [5.41, 5.74) is 5.87. The quantitative estimate of drug-likeness (QED) is 0.619. The highest BCUT2D eigenvalue weighted by molar-refractivity contribution is 7.98. The first kappa shape index (κ1) is 15.1. The van der Waals surface area contributed by atoms with Crippen LogP contribution in [0.15, 0.2) is 47.4 Å². The molecule has 6 heteroatoms.